The monoisotopic (exact) mass is 469 g/mol. The first-order valence-electron chi connectivity index (χ1n) is 9.78. The maximum atomic E-state index is 12.0. The second kappa shape index (κ2) is 11.4. The van der Waals surface area contributed by atoms with E-state index >= 15 is 0 Å². The average Bonchev–Trinajstić information content (AvgIpc) is 2.79. The highest BCUT2D eigenvalue weighted by atomic mass is 35.5. The minimum Gasteiger partial charge on any atom is -0.489 e. The van der Waals surface area contributed by atoms with Crippen molar-refractivity contribution in [3.8, 4) is 5.75 Å². The summed E-state index contributed by atoms with van der Waals surface area (Å²) in [6.45, 7) is 1.75. The molecule has 0 aliphatic carbocycles. The zero-order chi connectivity index (χ0) is 22.9. The van der Waals surface area contributed by atoms with Crippen molar-refractivity contribution in [2.24, 2.45) is 0 Å². The number of anilines is 1. The first kappa shape index (κ1) is 23.4. The van der Waals surface area contributed by atoms with Crippen LogP contribution in [0.25, 0.3) is 6.08 Å². The van der Waals surface area contributed by atoms with Crippen molar-refractivity contribution in [1.82, 2.24) is 0 Å². The number of halogens is 2. The Morgan fingerprint density at radius 3 is 2.41 bits per heavy atom. The standard InChI is InChI=1S/C25H21Cl2NO4/c1-17-21(26)7-4-8-23(17)28-24(29)16-32-25(30)14-11-18-9-12-20(13-10-18)31-15-19-5-2-3-6-22(19)27/h2-14H,15-16H2,1H3,(H,28,29)/b14-11+. The van der Waals surface area contributed by atoms with Crippen molar-refractivity contribution in [2.45, 2.75) is 13.5 Å². The van der Waals surface area contributed by atoms with Crippen molar-refractivity contribution in [3.05, 3.63) is 99.5 Å². The van der Waals surface area contributed by atoms with Crippen molar-refractivity contribution < 1.29 is 19.1 Å². The summed E-state index contributed by atoms with van der Waals surface area (Å²) in [6.07, 6.45) is 2.86. The molecule has 0 aliphatic rings. The number of esters is 1. The third-order valence-corrected chi connectivity index (χ3v) is 5.31. The predicted molar refractivity (Wildman–Crippen MR) is 127 cm³/mol. The highest BCUT2D eigenvalue weighted by Gasteiger charge is 2.09. The summed E-state index contributed by atoms with van der Waals surface area (Å²) >= 11 is 12.1. The average molecular weight is 470 g/mol. The Bertz CT molecular complexity index is 1130. The van der Waals surface area contributed by atoms with Gasteiger partial charge in [-0.15, -0.1) is 0 Å². The quantitative estimate of drug-likeness (QED) is 0.320. The van der Waals surface area contributed by atoms with E-state index in [1.54, 1.807) is 55.5 Å². The van der Waals surface area contributed by atoms with Gasteiger partial charge in [-0.25, -0.2) is 4.79 Å². The molecule has 5 nitrogen and oxygen atoms in total. The summed E-state index contributed by atoms with van der Waals surface area (Å²) in [5.74, 6) is -0.392. The van der Waals surface area contributed by atoms with E-state index in [-0.39, 0.29) is 0 Å². The van der Waals surface area contributed by atoms with Crippen LogP contribution in [0.5, 0.6) is 5.75 Å². The number of ether oxygens (including phenoxy) is 2. The van der Waals surface area contributed by atoms with Crippen LogP contribution in [-0.2, 0) is 20.9 Å². The van der Waals surface area contributed by atoms with E-state index in [2.05, 4.69) is 5.32 Å². The molecule has 7 heteroatoms. The molecule has 164 valence electrons. The van der Waals surface area contributed by atoms with Crippen molar-refractivity contribution in [3.63, 3.8) is 0 Å². The van der Waals surface area contributed by atoms with Gasteiger partial charge in [0, 0.05) is 27.4 Å². The summed E-state index contributed by atoms with van der Waals surface area (Å²) in [5.41, 5.74) is 3.00. The summed E-state index contributed by atoms with van der Waals surface area (Å²) in [4.78, 5) is 23.9. The molecule has 0 spiro atoms. The lowest BCUT2D eigenvalue weighted by atomic mass is 10.2. The molecule has 32 heavy (non-hydrogen) atoms. The summed E-state index contributed by atoms with van der Waals surface area (Å²) in [7, 11) is 0. The molecule has 0 unspecified atom stereocenters. The molecule has 3 aromatic rings. The molecule has 1 amide bonds. The van der Waals surface area contributed by atoms with Crippen LogP contribution in [0.1, 0.15) is 16.7 Å². The molecule has 0 radical (unpaired) electrons. The van der Waals surface area contributed by atoms with Gasteiger partial charge in [-0.1, -0.05) is 59.6 Å². The van der Waals surface area contributed by atoms with Gasteiger partial charge in [0.2, 0.25) is 0 Å². The van der Waals surface area contributed by atoms with Crippen LogP contribution in [0, 0.1) is 6.92 Å². The molecule has 3 aromatic carbocycles. The number of carbonyl (C=O) groups excluding carboxylic acids is 2. The molecule has 0 atom stereocenters. The molecular formula is C25H21Cl2NO4. The number of amides is 1. The zero-order valence-corrected chi connectivity index (χ0v) is 18.8. The van der Waals surface area contributed by atoms with Gasteiger partial charge in [-0.3, -0.25) is 4.79 Å². The molecule has 0 saturated carbocycles. The Hall–Kier alpha value is -3.28. The molecule has 0 saturated heterocycles. The second-order valence-corrected chi connectivity index (χ2v) is 7.67. The van der Waals surface area contributed by atoms with Crippen LogP contribution in [0.4, 0.5) is 5.69 Å². The molecule has 0 fully saturated rings. The van der Waals surface area contributed by atoms with Crippen LogP contribution in [0.3, 0.4) is 0 Å². The highest BCUT2D eigenvalue weighted by Crippen LogP contribution is 2.23. The van der Waals surface area contributed by atoms with Gasteiger partial charge >= 0.3 is 5.97 Å². The lowest BCUT2D eigenvalue weighted by Gasteiger charge is -2.09. The highest BCUT2D eigenvalue weighted by molar-refractivity contribution is 6.32. The molecule has 0 bridgehead atoms. The normalized spacial score (nSPS) is 10.7. The lowest BCUT2D eigenvalue weighted by Crippen LogP contribution is -2.20. The van der Waals surface area contributed by atoms with E-state index in [0.717, 1.165) is 16.7 Å². The summed E-state index contributed by atoms with van der Waals surface area (Å²) in [6, 6.07) is 19.9. The molecule has 1 N–H and O–H groups in total. The Kier molecular flexibility index (Phi) is 8.31. The molecule has 0 aromatic heterocycles. The summed E-state index contributed by atoms with van der Waals surface area (Å²) in [5, 5.41) is 3.87. The van der Waals surface area contributed by atoms with Gasteiger partial charge in [0.1, 0.15) is 12.4 Å². The van der Waals surface area contributed by atoms with E-state index in [9.17, 15) is 9.59 Å². The number of hydrogen-bond acceptors (Lipinski definition) is 4. The van der Waals surface area contributed by atoms with Crippen LogP contribution >= 0.6 is 23.2 Å². The van der Waals surface area contributed by atoms with Crippen molar-refractivity contribution >= 4 is 46.8 Å². The van der Waals surface area contributed by atoms with Crippen LogP contribution in [-0.4, -0.2) is 18.5 Å². The van der Waals surface area contributed by atoms with E-state index in [0.29, 0.717) is 28.1 Å². The Morgan fingerprint density at radius 1 is 0.938 bits per heavy atom. The lowest BCUT2D eigenvalue weighted by molar-refractivity contribution is -0.142. The fourth-order valence-electron chi connectivity index (χ4n) is 2.73. The smallest absolute Gasteiger partial charge is 0.331 e. The second-order valence-electron chi connectivity index (χ2n) is 6.85. The van der Waals surface area contributed by atoms with E-state index in [1.165, 1.54) is 6.08 Å². The Balaban J connectivity index is 1.45. The molecule has 0 aliphatic heterocycles. The molecule has 3 rings (SSSR count). The van der Waals surface area contributed by atoms with Gasteiger partial charge < -0.3 is 14.8 Å². The van der Waals surface area contributed by atoms with Gasteiger partial charge in [0.25, 0.3) is 5.91 Å². The zero-order valence-electron chi connectivity index (χ0n) is 17.3. The topological polar surface area (TPSA) is 64.6 Å². The van der Waals surface area contributed by atoms with E-state index < -0.39 is 18.5 Å². The maximum absolute atomic E-state index is 12.0. The van der Waals surface area contributed by atoms with E-state index in [4.69, 9.17) is 32.7 Å². The van der Waals surface area contributed by atoms with Gasteiger partial charge in [-0.05, 0) is 54.5 Å². The van der Waals surface area contributed by atoms with Crippen LogP contribution < -0.4 is 10.1 Å². The van der Waals surface area contributed by atoms with Crippen LogP contribution in [0.15, 0.2) is 72.8 Å². The van der Waals surface area contributed by atoms with Crippen molar-refractivity contribution in [1.29, 1.82) is 0 Å². The Morgan fingerprint density at radius 2 is 1.66 bits per heavy atom. The first-order chi connectivity index (χ1) is 15.4. The van der Waals surface area contributed by atoms with Gasteiger partial charge in [0.15, 0.2) is 6.61 Å². The number of hydrogen-bond donors (Lipinski definition) is 1. The first-order valence-corrected chi connectivity index (χ1v) is 10.5. The van der Waals surface area contributed by atoms with Gasteiger partial charge in [0.05, 0.1) is 0 Å². The molecule has 0 heterocycles. The van der Waals surface area contributed by atoms with E-state index in [1.807, 2.05) is 24.3 Å². The maximum Gasteiger partial charge on any atom is 0.331 e. The minimum absolute atomic E-state index is 0.359. The number of nitrogens with one attached hydrogen (secondary N) is 1. The SMILES string of the molecule is Cc1c(Cl)cccc1NC(=O)COC(=O)/C=C/c1ccc(OCc2ccccc2Cl)cc1. The number of carbonyl (C=O) groups is 2. The van der Waals surface area contributed by atoms with Crippen LogP contribution in [0.2, 0.25) is 10.0 Å². The number of benzene rings is 3. The fraction of sp³-hybridized carbons (Fsp3) is 0.120. The van der Waals surface area contributed by atoms with Gasteiger partial charge in [-0.2, -0.15) is 0 Å². The fourth-order valence-corrected chi connectivity index (χ4v) is 3.09. The third kappa shape index (κ3) is 6.87. The molecular weight excluding hydrogens is 449 g/mol. The summed E-state index contributed by atoms with van der Waals surface area (Å²) < 4.78 is 10.7. The predicted octanol–water partition coefficient (Wildman–Crippen LogP) is 6.08. The van der Waals surface area contributed by atoms with Crippen molar-refractivity contribution in [2.75, 3.05) is 11.9 Å². The largest absolute Gasteiger partial charge is 0.489 e. The minimum atomic E-state index is -0.623. The third-order valence-electron chi connectivity index (χ3n) is 4.53. The Labute approximate surface area is 196 Å². The number of rotatable bonds is 8.